The van der Waals surface area contributed by atoms with Gasteiger partial charge in [0, 0.05) is 7.05 Å². The second kappa shape index (κ2) is 2.58. The van der Waals surface area contributed by atoms with Crippen molar-refractivity contribution in [3.8, 4) is 0 Å². The van der Waals surface area contributed by atoms with Gasteiger partial charge >= 0.3 is 6.18 Å². The van der Waals surface area contributed by atoms with Crippen LogP contribution >= 0.6 is 0 Å². The zero-order valence-electron chi connectivity index (χ0n) is 5.96. The van der Waals surface area contributed by atoms with Gasteiger partial charge < -0.3 is 0 Å². The molecule has 0 aliphatic carbocycles. The number of halogens is 3. The number of ketones is 1. The Kier molecular flexibility index (Phi) is 1.87. The molecule has 0 aliphatic heterocycles. The smallest absolute Gasteiger partial charge is 0.282 e. The van der Waals surface area contributed by atoms with Gasteiger partial charge in [-0.3, -0.25) is 9.48 Å². The van der Waals surface area contributed by atoms with Gasteiger partial charge in [-0.05, 0) is 0 Å². The van der Waals surface area contributed by atoms with Crippen LogP contribution in [0.15, 0.2) is 6.20 Å². The van der Waals surface area contributed by atoms with E-state index in [1.165, 1.54) is 7.05 Å². The maximum Gasteiger partial charge on any atom is 0.456 e. The molecule has 0 saturated carbocycles. The summed E-state index contributed by atoms with van der Waals surface area (Å²) < 4.78 is 36.2. The summed E-state index contributed by atoms with van der Waals surface area (Å²) in [4.78, 5) is 10.4. The fourth-order valence-corrected chi connectivity index (χ4v) is 0.597. The summed E-state index contributed by atoms with van der Waals surface area (Å²) in [5, 5.41) is 6.22. The van der Waals surface area contributed by atoms with Gasteiger partial charge in [-0.25, -0.2) is 0 Å². The number of alkyl halides is 3. The van der Waals surface area contributed by atoms with Crippen LogP contribution < -0.4 is 0 Å². The van der Waals surface area contributed by atoms with E-state index in [2.05, 4.69) is 10.3 Å². The number of carbonyl (C=O) groups is 1. The summed E-state index contributed by atoms with van der Waals surface area (Å²) in [5.74, 6) is -1.98. The van der Waals surface area contributed by atoms with E-state index in [4.69, 9.17) is 0 Å². The van der Waals surface area contributed by atoms with Crippen molar-refractivity contribution >= 4 is 5.78 Å². The molecule has 0 aliphatic rings. The zero-order chi connectivity index (χ0) is 9.35. The molecule has 0 fully saturated rings. The molecule has 1 rings (SSSR count). The Hall–Kier alpha value is -1.40. The van der Waals surface area contributed by atoms with Gasteiger partial charge in [-0.2, -0.15) is 13.2 Å². The molecule has 0 amide bonds. The number of rotatable bonds is 1. The Bertz CT molecular complexity index is 303. The second-order valence-corrected chi connectivity index (χ2v) is 2.10. The van der Waals surface area contributed by atoms with Gasteiger partial charge in [-0.1, -0.05) is 5.21 Å². The fourth-order valence-electron chi connectivity index (χ4n) is 0.597. The van der Waals surface area contributed by atoms with Gasteiger partial charge in [0.15, 0.2) is 5.69 Å². The molecule has 7 heteroatoms. The van der Waals surface area contributed by atoms with Crippen LogP contribution in [-0.4, -0.2) is 27.0 Å². The molecule has 66 valence electrons. The van der Waals surface area contributed by atoms with Crippen molar-refractivity contribution in [1.82, 2.24) is 15.0 Å². The standard InChI is InChI=1S/C5H4F3N3O/c1-11-2-3(9-10-11)4(12)5(6,7)8/h2H,1H3. The number of hydrogen-bond donors (Lipinski definition) is 0. The normalized spacial score (nSPS) is 11.7. The Morgan fingerprint density at radius 2 is 2.17 bits per heavy atom. The Labute approximate surface area is 65.0 Å². The number of Topliss-reactive ketones (excluding diaryl/α,β-unsaturated/α-hetero) is 1. The van der Waals surface area contributed by atoms with Crippen molar-refractivity contribution in [1.29, 1.82) is 0 Å². The van der Waals surface area contributed by atoms with E-state index in [9.17, 15) is 18.0 Å². The molecule has 12 heavy (non-hydrogen) atoms. The van der Waals surface area contributed by atoms with E-state index in [0.29, 0.717) is 0 Å². The molecule has 0 unspecified atom stereocenters. The van der Waals surface area contributed by atoms with Crippen LogP contribution in [0.1, 0.15) is 10.5 Å². The first-order valence-corrected chi connectivity index (χ1v) is 2.89. The van der Waals surface area contributed by atoms with Crippen LogP contribution in [0.2, 0.25) is 0 Å². The third-order valence-electron chi connectivity index (χ3n) is 1.09. The highest BCUT2D eigenvalue weighted by atomic mass is 19.4. The van der Waals surface area contributed by atoms with Gasteiger partial charge in [0.25, 0.3) is 5.78 Å². The quantitative estimate of drug-likeness (QED) is 0.592. The predicted octanol–water partition coefficient (Wildman–Crippen LogP) is 0.560. The maximum absolute atomic E-state index is 11.7. The number of aryl methyl sites for hydroxylation is 1. The maximum atomic E-state index is 11.7. The van der Waals surface area contributed by atoms with Crippen molar-refractivity contribution in [2.75, 3.05) is 0 Å². The largest absolute Gasteiger partial charge is 0.456 e. The first-order valence-electron chi connectivity index (χ1n) is 2.89. The third-order valence-corrected chi connectivity index (χ3v) is 1.09. The van der Waals surface area contributed by atoms with Crippen molar-refractivity contribution in [2.45, 2.75) is 6.18 Å². The van der Waals surface area contributed by atoms with Crippen molar-refractivity contribution < 1.29 is 18.0 Å². The van der Waals surface area contributed by atoms with Crippen molar-refractivity contribution in [2.24, 2.45) is 7.05 Å². The van der Waals surface area contributed by atoms with E-state index >= 15 is 0 Å². The molecule has 0 radical (unpaired) electrons. The van der Waals surface area contributed by atoms with Crippen LogP contribution in [0.3, 0.4) is 0 Å². The molecule has 0 spiro atoms. The molecule has 0 saturated heterocycles. The summed E-state index contributed by atoms with van der Waals surface area (Å²) in [6, 6.07) is 0. The molecule has 4 nitrogen and oxygen atoms in total. The lowest BCUT2D eigenvalue weighted by Gasteiger charge is -1.99. The zero-order valence-corrected chi connectivity index (χ0v) is 5.96. The van der Waals surface area contributed by atoms with Gasteiger partial charge in [-0.15, -0.1) is 5.10 Å². The summed E-state index contributed by atoms with van der Waals surface area (Å²) in [7, 11) is 1.38. The van der Waals surface area contributed by atoms with Crippen LogP contribution in [0.4, 0.5) is 13.2 Å². The minimum absolute atomic E-state index is 0.690. The van der Waals surface area contributed by atoms with E-state index in [-0.39, 0.29) is 0 Å². The summed E-state index contributed by atoms with van der Waals surface area (Å²) in [5.41, 5.74) is -0.690. The first kappa shape index (κ1) is 8.69. The lowest BCUT2D eigenvalue weighted by Crippen LogP contribution is -2.23. The molecule has 1 aromatic rings. The highest BCUT2D eigenvalue weighted by molar-refractivity contribution is 5.98. The molecule has 1 aromatic heterocycles. The molecule has 0 N–H and O–H groups in total. The summed E-state index contributed by atoms with van der Waals surface area (Å²) in [6.07, 6.45) is -3.97. The third kappa shape index (κ3) is 1.60. The van der Waals surface area contributed by atoms with E-state index < -0.39 is 17.7 Å². The highest BCUT2D eigenvalue weighted by Crippen LogP contribution is 2.19. The summed E-state index contributed by atoms with van der Waals surface area (Å²) >= 11 is 0. The van der Waals surface area contributed by atoms with Gasteiger partial charge in [0.1, 0.15) is 0 Å². The van der Waals surface area contributed by atoms with Crippen LogP contribution in [-0.2, 0) is 7.05 Å². The Balaban J connectivity index is 2.93. The van der Waals surface area contributed by atoms with Crippen LogP contribution in [0.5, 0.6) is 0 Å². The number of hydrogen-bond acceptors (Lipinski definition) is 3. The SMILES string of the molecule is Cn1cc(C(=O)C(F)(F)F)nn1. The second-order valence-electron chi connectivity index (χ2n) is 2.10. The lowest BCUT2D eigenvalue weighted by atomic mass is 10.3. The minimum Gasteiger partial charge on any atom is -0.282 e. The van der Waals surface area contributed by atoms with Crippen molar-refractivity contribution in [3.63, 3.8) is 0 Å². The van der Waals surface area contributed by atoms with E-state index in [0.717, 1.165) is 10.9 Å². The number of nitrogens with zero attached hydrogens (tertiary/aromatic N) is 3. The molecular formula is C5H4F3N3O. The topological polar surface area (TPSA) is 47.8 Å². The van der Waals surface area contributed by atoms with Gasteiger partial charge in [0.05, 0.1) is 6.20 Å². The predicted molar refractivity (Wildman–Crippen MR) is 31.4 cm³/mol. The number of carbonyl (C=O) groups excluding carboxylic acids is 1. The van der Waals surface area contributed by atoms with Crippen LogP contribution in [0.25, 0.3) is 0 Å². The van der Waals surface area contributed by atoms with E-state index in [1.54, 1.807) is 0 Å². The Morgan fingerprint density at radius 1 is 1.58 bits per heavy atom. The average Bonchev–Trinajstić information content (AvgIpc) is 2.32. The monoisotopic (exact) mass is 179 g/mol. The number of aromatic nitrogens is 3. The fraction of sp³-hybridized carbons (Fsp3) is 0.400. The Morgan fingerprint density at radius 3 is 2.50 bits per heavy atom. The molecule has 0 atom stereocenters. The van der Waals surface area contributed by atoms with E-state index in [1.807, 2.05) is 0 Å². The van der Waals surface area contributed by atoms with Gasteiger partial charge in [0.2, 0.25) is 0 Å². The lowest BCUT2D eigenvalue weighted by molar-refractivity contribution is -0.0888. The molecular weight excluding hydrogens is 175 g/mol. The van der Waals surface area contributed by atoms with Crippen molar-refractivity contribution in [3.05, 3.63) is 11.9 Å². The summed E-state index contributed by atoms with van der Waals surface area (Å²) in [6.45, 7) is 0. The minimum atomic E-state index is -4.88. The first-order chi connectivity index (χ1) is 5.41. The molecule has 1 heterocycles. The molecule has 0 aromatic carbocycles. The molecule has 0 bridgehead atoms. The van der Waals surface area contributed by atoms with Crippen LogP contribution in [0, 0.1) is 0 Å². The average molecular weight is 179 g/mol. The highest BCUT2D eigenvalue weighted by Gasteiger charge is 2.41.